The standard InChI is InChI=1S/C14H24O6/c1-5-9-10(15)12(18-6-2)11(13(16)19-7-3)14(17)20-8-4/h11-12H,5-9H2,1-4H3. The first-order valence-electron chi connectivity index (χ1n) is 7.00. The number of carbonyl (C=O) groups excluding carboxylic acids is 3. The van der Waals surface area contributed by atoms with Crippen molar-refractivity contribution in [3.8, 4) is 0 Å². The van der Waals surface area contributed by atoms with Crippen LogP contribution in [0.3, 0.4) is 0 Å². The maximum absolute atomic E-state index is 12.1. The Kier molecular flexibility index (Phi) is 9.63. The third-order valence-electron chi connectivity index (χ3n) is 2.54. The smallest absolute Gasteiger partial charge is 0.323 e. The predicted octanol–water partition coefficient (Wildman–Crippen LogP) is 1.50. The summed E-state index contributed by atoms with van der Waals surface area (Å²) in [5.74, 6) is -3.21. The molecular formula is C14H24O6. The fourth-order valence-electron chi connectivity index (χ4n) is 1.75. The van der Waals surface area contributed by atoms with Gasteiger partial charge in [0.15, 0.2) is 11.7 Å². The van der Waals surface area contributed by atoms with Crippen molar-refractivity contribution in [1.82, 2.24) is 0 Å². The van der Waals surface area contributed by atoms with Crippen molar-refractivity contribution in [1.29, 1.82) is 0 Å². The molecule has 0 saturated carbocycles. The number of hydrogen-bond donors (Lipinski definition) is 0. The first-order valence-corrected chi connectivity index (χ1v) is 7.00. The maximum atomic E-state index is 12.1. The molecule has 0 aliphatic heterocycles. The Balaban J connectivity index is 5.22. The van der Waals surface area contributed by atoms with Crippen molar-refractivity contribution in [3.63, 3.8) is 0 Å². The van der Waals surface area contributed by atoms with Crippen LogP contribution in [0, 0.1) is 5.92 Å². The molecule has 1 atom stereocenters. The molecule has 6 nitrogen and oxygen atoms in total. The van der Waals surface area contributed by atoms with Crippen LogP contribution in [0.5, 0.6) is 0 Å². The molecular weight excluding hydrogens is 264 g/mol. The molecule has 20 heavy (non-hydrogen) atoms. The number of ether oxygens (including phenoxy) is 3. The van der Waals surface area contributed by atoms with E-state index in [-0.39, 0.29) is 32.0 Å². The molecule has 0 aliphatic rings. The molecule has 116 valence electrons. The molecule has 6 heteroatoms. The van der Waals surface area contributed by atoms with Gasteiger partial charge in [-0.15, -0.1) is 0 Å². The van der Waals surface area contributed by atoms with Gasteiger partial charge in [-0.2, -0.15) is 0 Å². The molecule has 0 N–H and O–H groups in total. The summed E-state index contributed by atoms with van der Waals surface area (Å²) in [6, 6.07) is 0. The number of ketones is 1. The summed E-state index contributed by atoms with van der Waals surface area (Å²) >= 11 is 0. The number of esters is 2. The lowest BCUT2D eigenvalue weighted by atomic mass is 9.96. The van der Waals surface area contributed by atoms with E-state index in [1.165, 1.54) is 0 Å². The molecule has 0 aromatic heterocycles. The van der Waals surface area contributed by atoms with E-state index in [0.717, 1.165) is 0 Å². The number of carbonyl (C=O) groups is 3. The van der Waals surface area contributed by atoms with Crippen molar-refractivity contribution in [2.45, 2.75) is 46.6 Å². The van der Waals surface area contributed by atoms with Crippen LogP contribution >= 0.6 is 0 Å². The van der Waals surface area contributed by atoms with Gasteiger partial charge in [0.25, 0.3) is 0 Å². The molecule has 0 amide bonds. The minimum atomic E-state index is -1.35. The van der Waals surface area contributed by atoms with Crippen LogP contribution in [0.1, 0.15) is 40.5 Å². The molecule has 0 aliphatic carbocycles. The zero-order valence-corrected chi connectivity index (χ0v) is 12.6. The minimum Gasteiger partial charge on any atom is -0.465 e. The van der Waals surface area contributed by atoms with Crippen LogP contribution in [-0.2, 0) is 28.6 Å². The molecule has 0 bridgehead atoms. The lowest BCUT2D eigenvalue weighted by Gasteiger charge is -2.22. The fraction of sp³-hybridized carbons (Fsp3) is 0.786. The Hall–Kier alpha value is -1.43. The maximum Gasteiger partial charge on any atom is 0.323 e. The summed E-state index contributed by atoms with van der Waals surface area (Å²) < 4.78 is 15.0. The van der Waals surface area contributed by atoms with Crippen LogP contribution in [0.25, 0.3) is 0 Å². The zero-order chi connectivity index (χ0) is 15.5. The van der Waals surface area contributed by atoms with Crippen LogP contribution in [0.15, 0.2) is 0 Å². The first-order chi connectivity index (χ1) is 9.53. The van der Waals surface area contributed by atoms with E-state index in [0.29, 0.717) is 6.42 Å². The molecule has 0 heterocycles. The van der Waals surface area contributed by atoms with Crippen molar-refractivity contribution in [2.24, 2.45) is 5.92 Å². The van der Waals surface area contributed by atoms with Crippen LogP contribution in [0.4, 0.5) is 0 Å². The molecule has 0 radical (unpaired) electrons. The Morgan fingerprint density at radius 1 is 0.850 bits per heavy atom. The molecule has 1 unspecified atom stereocenters. The van der Waals surface area contributed by atoms with Gasteiger partial charge in [-0.25, -0.2) is 0 Å². The second-order valence-corrected chi connectivity index (χ2v) is 4.07. The van der Waals surface area contributed by atoms with Crippen molar-refractivity contribution in [2.75, 3.05) is 19.8 Å². The van der Waals surface area contributed by atoms with E-state index >= 15 is 0 Å². The summed E-state index contributed by atoms with van der Waals surface area (Å²) in [6.07, 6.45) is -0.293. The predicted molar refractivity (Wildman–Crippen MR) is 72.1 cm³/mol. The highest BCUT2D eigenvalue weighted by Gasteiger charge is 2.41. The third kappa shape index (κ3) is 5.69. The topological polar surface area (TPSA) is 78.9 Å². The fourth-order valence-corrected chi connectivity index (χ4v) is 1.75. The lowest BCUT2D eigenvalue weighted by molar-refractivity contribution is -0.172. The van der Waals surface area contributed by atoms with Gasteiger partial charge in [-0.1, -0.05) is 6.92 Å². The summed E-state index contributed by atoms with van der Waals surface area (Å²) in [5.41, 5.74) is 0. The van der Waals surface area contributed by atoms with Gasteiger partial charge in [0.05, 0.1) is 13.2 Å². The third-order valence-corrected chi connectivity index (χ3v) is 2.54. The highest BCUT2D eigenvalue weighted by atomic mass is 16.6. The Bertz CT molecular complexity index is 308. The second-order valence-electron chi connectivity index (χ2n) is 4.07. The summed E-state index contributed by atoms with van der Waals surface area (Å²) in [4.78, 5) is 35.9. The second kappa shape index (κ2) is 10.4. The van der Waals surface area contributed by atoms with Gasteiger partial charge in [0.2, 0.25) is 0 Å². The summed E-state index contributed by atoms with van der Waals surface area (Å²) in [5, 5.41) is 0. The van der Waals surface area contributed by atoms with E-state index in [4.69, 9.17) is 14.2 Å². The van der Waals surface area contributed by atoms with Gasteiger partial charge in [0, 0.05) is 13.0 Å². The quantitative estimate of drug-likeness (QED) is 0.448. The van der Waals surface area contributed by atoms with E-state index in [9.17, 15) is 14.4 Å². The highest BCUT2D eigenvalue weighted by Crippen LogP contribution is 2.16. The molecule has 0 spiro atoms. The lowest BCUT2D eigenvalue weighted by Crippen LogP contribution is -2.43. The number of Topliss-reactive ketones (excluding diaryl/α,β-unsaturated/α-hetero) is 1. The Morgan fingerprint density at radius 3 is 1.70 bits per heavy atom. The molecule has 0 saturated heterocycles. The summed E-state index contributed by atoms with van der Waals surface area (Å²) in [7, 11) is 0. The first kappa shape index (κ1) is 18.6. The van der Waals surface area contributed by atoms with E-state index in [1.54, 1.807) is 20.8 Å². The van der Waals surface area contributed by atoms with Gasteiger partial charge < -0.3 is 14.2 Å². The minimum absolute atomic E-state index is 0.121. The van der Waals surface area contributed by atoms with Crippen LogP contribution < -0.4 is 0 Å². The van der Waals surface area contributed by atoms with Crippen molar-refractivity contribution < 1.29 is 28.6 Å². The van der Waals surface area contributed by atoms with Crippen molar-refractivity contribution >= 4 is 17.7 Å². The summed E-state index contributed by atoms with van der Waals surface area (Å²) in [6.45, 7) is 7.25. The van der Waals surface area contributed by atoms with E-state index in [2.05, 4.69) is 0 Å². The van der Waals surface area contributed by atoms with Crippen LogP contribution in [-0.4, -0.2) is 43.6 Å². The van der Waals surface area contributed by atoms with Gasteiger partial charge >= 0.3 is 11.9 Å². The molecule has 0 aromatic carbocycles. The van der Waals surface area contributed by atoms with Gasteiger partial charge in [-0.3, -0.25) is 14.4 Å². The molecule has 0 aromatic rings. The van der Waals surface area contributed by atoms with Crippen LogP contribution in [0.2, 0.25) is 0 Å². The van der Waals surface area contributed by atoms with E-state index in [1.807, 2.05) is 6.92 Å². The van der Waals surface area contributed by atoms with Gasteiger partial charge in [0.1, 0.15) is 6.10 Å². The molecule has 0 fully saturated rings. The monoisotopic (exact) mass is 288 g/mol. The van der Waals surface area contributed by atoms with Crippen molar-refractivity contribution in [3.05, 3.63) is 0 Å². The largest absolute Gasteiger partial charge is 0.465 e. The van der Waals surface area contributed by atoms with E-state index < -0.39 is 24.0 Å². The molecule has 0 rings (SSSR count). The average molecular weight is 288 g/mol. The highest BCUT2D eigenvalue weighted by molar-refractivity contribution is 6.01. The van der Waals surface area contributed by atoms with Gasteiger partial charge in [-0.05, 0) is 27.2 Å². The SMILES string of the molecule is CCCC(=O)C(OCC)C(C(=O)OCC)C(=O)OCC. The Labute approximate surface area is 119 Å². The number of rotatable bonds is 10. The Morgan fingerprint density at radius 2 is 1.35 bits per heavy atom. The number of hydrogen-bond acceptors (Lipinski definition) is 6. The average Bonchev–Trinajstić information content (AvgIpc) is 2.39. The zero-order valence-electron chi connectivity index (χ0n) is 12.6. The normalized spacial score (nSPS) is 12.1.